The Bertz CT molecular complexity index is 1520. The second kappa shape index (κ2) is 22.0. The van der Waals surface area contributed by atoms with Crippen molar-refractivity contribution in [3.8, 4) is 23.0 Å². The highest BCUT2D eigenvalue weighted by Crippen LogP contribution is 2.40. The van der Waals surface area contributed by atoms with Crippen molar-refractivity contribution in [1.82, 2.24) is 0 Å². The molecule has 1 saturated heterocycles. The van der Waals surface area contributed by atoms with Gasteiger partial charge < -0.3 is 48.1 Å². The molecule has 0 saturated carbocycles. The molecule has 0 bridgehead atoms. The number of aliphatic hydroxyl groups excluding tert-OH is 2. The van der Waals surface area contributed by atoms with Crippen LogP contribution in [0.3, 0.4) is 0 Å². The summed E-state index contributed by atoms with van der Waals surface area (Å²) < 4.78 is 43.5. The summed E-state index contributed by atoms with van der Waals surface area (Å²) >= 11 is 0. The number of aryl methyl sites for hydroxylation is 2. The largest absolute Gasteiger partial charge is 0.497 e. The van der Waals surface area contributed by atoms with Gasteiger partial charge in [-0.2, -0.15) is 0 Å². The average Bonchev–Trinajstić information content (AvgIpc) is 3.18. The van der Waals surface area contributed by atoms with Crippen LogP contribution in [0.5, 0.6) is 23.0 Å². The Kier molecular flexibility index (Phi) is 19.6. The Hall–Kier alpha value is -3.91. The molecule has 1 aliphatic heterocycles. The first-order valence-corrected chi connectivity index (χ1v) is 18.4. The summed E-state index contributed by atoms with van der Waals surface area (Å²) in [4.78, 5) is 34.5. The van der Waals surface area contributed by atoms with Gasteiger partial charge in [0.2, 0.25) is 0 Å². The van der Waals surface area contributed by atoms with Gasteiger partial charge in [0.1, 0.15) is 36.2 Å². The number of hydrogen-bond donors (Lipinski definition) is 2. The summed E-state index contributed by atoms with van der Waals surface area (Å²) in [5.41, 5.74) is 1.12. The highest BCUT2D eigenvalue weighted by atomic mass is 16.7. The van der Waals surface area contributed by atoms with E-state index in [-0.39, 0.29) is 43.8 Å². The first-order valence-electron chi connectivity index (χ1n) is 18.4. The van der Waals surface area contributed by atoms with Crippen molar-refractivity contribution in [1.29, 1.82) is 0 Å². The van der Waals surface area contributed by atoms with E-state index in [0.717, 1.165) is 35.1 Å². The number of esters is 2. The van der Waals surface area contributed by atoms with Crippen molar-refractivity contribution in [3.63, 3.8) is 0 Å². The fourth-order valence-corrected chi connectivity index (χ4v) is 4.69. The zero-order valence-corrected chi connectivity index (χ0v) is 35.5. The van der Waals surface area contributed by atoms with Crippen LogP contribution in [0.15, 0.2) is 24.3 Å². The summed E-state index contributed by atoms with van der Waals surface area (Å²) in [6.07, 6.45) is 1.68. The maximum Gasteiger partial charge on any atom is 0.311 e. The quantitative estimate of drug-likeness (QED) is 0.135. The number of carbonyl (C=O) groups excluding carboxylic acids is 3. The predicted octanol–water partition coefficient (Wildman–Crippen LogP) is 6.82. The molecule has 1 aliphatic rings. The SMILES string of the molecule is CCC(C)(C)C(=O)OCC(C)(CO)CO.CCC(C)(C)C(=O)OCC1(C)COC(c2c(C)cc(OC)cc2OC)OC1.COc1cc(C)c(C=O)c(OC)c1. The zero-order chi connectivity index (χ0) is 42.2. The van der Waals surface area contributed by atoms with Crippen molar-refractivity contribution < 1.29 is 62.5 Å². The van der Waals surface area contributed by atoms with E-state index in [9.17, 15) is 14.4 Å². The van der Waals surface area contributed by atoms with E-state index < -0.39 is 22.5 Å². The van der Waals surface area contributed by atoms with E-state index in [2.05, 4.69) is 0 Å². The van der Waals surface area contributed by atoms with Crippen LogP contribution < -0.4 is 18.9 Å². The number of rotatable bonds is 16. The average molecular weight is 779 g/mol. The summed E-state index contributed by atoms with van der Waals surface area (Å²) in [7, 11) is 6.34. The topological polar surface area (TPSA) is 166 Å². The second-order valence-corrected chi connectivity index (χ2v) is 15.8. The minimum absolute atomic E-state index is 0.0439. The lowest BCUT2D eigenvalue weighted by Gasteiger charge is -2.38. The number of aliphatic hydroxyl groups is 2. The molecule has 1 heterocycles. The minimum atomic E-state index is -0.751. The second-order valence-electron chi connectivity index (χ2n) is 15.8. The maximum absolute atomic E-state index is 12.2. The number of benzene rings is 2. The van der Waals surface area contributed by atoms with Crippen molar-refractivity contribution in [2.45, 2.75) is 88.4 Å². The number of carbonyl (C=O) groups is 3. The Morgan fingerprint density at radius 3 is 1.64 bits per heavy atom. The Labute approximate surface area is 327 Å². The fraction of sp³-hybridized carbons (Fsp3) is 0.643. The minimum Gasteiger partial charge on any atom is -0.497 e. The lowest BCUT2D eigenvalue weighted by molar-refractivity contribution is -0.240. The van der Waals surface area contributed by atoms with E-state index in [1.165, 1.54) is 7.11 Å². The molecule has 2 N–H and O–H groups in total. The van der Waals surface area contributed by atoms with Crippen molar-refractivity contribution in [3.05, 3.63) is 46.5 Å². The van der Waals surface area contributed by atoms with Crippen LogP contribution in [0.25, 0.3) is 0 Å². The molecule has 0 aliphatic carbocycles. The van der Waals surface area contributed by atoms with Crippen LogP contribution in [-0.2, 0) is 28.5 Å². The molecule has 2 aromatic rings. The molecule has 312 valence electrons. The van der Waals surface area contributed by atoms with Gasteiger partial charge in [-0.1, -0.05) is 27.7 Å². The van der Waals surface area contributed by atoms with Gasteiger partial charge in [-0.3, -0.25) is 14.4 Å². The van der Waals surface area contributed by atoms with E-state index in [1.54, 1.807) is 40.4 Å². The Morgan fingerprint density at radius 2 is 1.22 bits per heavy atom. The Balaban J connectivity index is 0.000000456. The summed E-state index contributed by atoms with van der Waals surface area (Å²) in [6.45, 7) is 19.5. The fourth-order valence-electron chi connectivity index (χ4n) is 4.69. The molecule has 13 nitrogen and oxygen atoms in total. The first-order chi connectivity index (χ1) is 25.7. The molecule has 0 unspecified atom stereocenters. The molecule has 55 heavy (non-hydrogen) atoms. The van der Waals surface area contributed by atoms with Crippen LogP contribution in [0.1, 0.15) is 102 Å². The molecule has 2 aromatic carbocycles. The molecule has 0 amide bonds. The van der Waals surface area contributed by atoms with Crippen LogP contribution >= 0.6 is 0 Å². The van der Waals surface area contributed by atoms with E-state index in [0.29, 0.717) is 42.4 Å². The molecule has 0 radical (unpaired) electrons. The number of hydrogen-bond acceptors (Lipinski definition) is 13. The van der Waals surface area contributed by atoms with Gasteiger partial charge >= 0.3 is 11.9 Å². The van der Waals surface area contributed by atoms with E-state index in [4.69, 9.17) is 48.1 Å². The third-order valence-corrected chi connectivity index (χ3v) is 9.82. The lowest BCUT2D eigenvalue weighted by Crippen LogP contribution is -2.41. The van der Waals surface area contributed by atoms with Crippen molar-refractivity contribution in [2.24, 2.45) is 21.7 Å². The van der Waals surface area contributed by atoms with E-state index in [1.807, 2.05) is 74.4 Å². The van der Waals surface area contributed by atoms with Crippen molar-refractivity contribution in [2.75, 3.05) is 68.1 Å². The highest BCUT2D eigenvalue weighted by molar-refractivity contribution is 5.82. The van der Waals surface area contributed by atoms with Gasteiger partial charge in [-0.05, 0) is 77.6 Å². The molecule has 13 heteroatoms. The lowest BCUT2D eigenvalue weighted by atomic mass is 9.89. The van der Waals surface area contributed by atoms with Crippen LogP contribution in [0.2, 0.25) is 0 Å². The predicted molar refractivity (Wildman–Crippen MR) is 209 cm³/mol. The summed E-state index contributed by atoms with van der Waals surface area (Å²) in [6, 6.07) is 7.23. The molecule has 0 atom stereocenters. The third-order valence-electron chi connectivity index (χ3n) is 9.82. The van der Waals surface area contributed by atoms with Crippen LogP contribution in [-0.4, -0.2) is 96.5 Å². The van der Waals surface area contributed by atoms with Gasteiger partial charge in [-0.15, -0.1) is 0 Å². The summed E-state index contributed by atoms with van der Waals surface area (Å²) in [5.74, 6) is 2.14. The van der Waals surface area contributed by atoms with Crippen LogP contribution in [0.4, 0.5) is 0 Å². The summed E-state index contributed by atoms with van der Waals surface area (Å²) in [5, 5.41) is 18.0. The maximum atomic E-state index is 12.2. The van der Waals surface area contributed by atoms with Crippen LogP contribution in [0, 0.1) is 35.5 Å². The van der Waals surface area contributed by atoms with Gasteiger partial charge in [0.25, 0.3) is 0 Å². The molecular formula is C42H66O13. The van der Waals surface area contributed by atoms with Gasteiger partial charge in [-0.25, -0.2) is 0 Å². The monoisotopic (exact) mass is 778 g/mol. The number of aldehydes is 1. The molecule has 0 aromatic heterocycles. The normalized spacial score (nSPS) is 17.0. The molecule has 0 spiro atoms. The molecule has 3 rings (SSSR count). The molecule has 1 fully saturated rings. The first kappa shape index (κ1) is 49.1. The van der Waals surface area contributed by atoms with Crippen molar-refractivity contribution >= 4 is 18.2 Å². The Morgan fingerprint density at radius 1 is 0.764 bits per heavy atom. The van der Waals surface area contributed by atoms with Gasteiger partial charge in [0, 0.05) is 23.0 Å². The van der Waals surface area contributed by atoms with Gasteiger partial charge in [0.15, 0.2) is 12.6 Å². The molecular weight excluding hydrogens is 712 g/mol. The highest BCUT2D eigenvalue weighted by Gasteiger charge is 2.38. The number of methoxy groups -OCH3 is 4. The van der Waals surface area contributed by atoms with Gasteiger partial charge in [0.05, 0.1) is 76.8 Å². The standard InChI is InChI=1S/C21H32O6.C11H22O4.C10H12O3/c1-8-20(3,4)19(22)27-13-21(5)11-25-18(26-12-21)17-14(2)9-15(23-6)10-16(17)24-7;1-5-10(2,3)9(14)15-8-11(4,6-12)7-13;1-7-4-8(12-2)5-10(13-3)9(7)6-11/h9-10,18H,8,11-13H2,1-7H3;12-13H,5-8H2,1-4H3;4-6H,1-3H3. The van der Waals surface area contributed by atoms with E-state index >= 15 is 0 Å². The number of ether oxygens (including phenoxy) is 8. The smallest absolute Gasteiger partial charge is 0.311 e. The zero-order valence-electron chi connectivity index (χ0n) is 35.5. The third kappa shape index (κ3) is 14.3.